The van der Waals surface area contributed by atoms with Crippen LogP contribution in [0.2, 0.25) is 0 Å². The Morgan fingerprint density at radius 2 is 1.76 bits per heavy atom. The number of esters is 1. The molecule has 8 heteroatoms. The first kappa shape index (κ1) is 18.2. The maximum atomic E-state index is 12.4. The van der Waals surface area contributed by atoms with E-state index in [1.54, 1.807) is 24.3 Å². The third-order valence-electron chi connectivity index (χ3n) is 4.38. The predicted molar refractivity (Wildman–Crippen MR) is 105 cm³/mol. The Morgan fingerprint density at radius 1 is 1.03 bits per heavy atom. The molecule has 0 aliphatic rings. The Hall–Kier alpha value is -4.20. The molecular weight excluding hydrogens is 372 g/mol. The van der Waals surface area contributed by atoms with Crippen LogP contribution in [0.1, 0.15) is 26.4 Å². The van der Waals surface area contributed by atoms with Crippen LogP contribution in [0, 0.1) is 0 Å². The fourth-order valence-electron chi connectivity index (χ4n) is 2.96. The number of fused-ring (bicyclic) bond motifs is 1. The van der Waals surface area contributed by atoms with Crippen LogP contribution < -0.4 is 11.3 Å². The van der Waals surface area contributed by atoms with E-state index in [0.29, 0.717) is 16.9 Å². The summed E-state index contributed by atoms with van der Waals surface area (Å²) in [5, 5.41) is 2.69. The SMILES string of the molecule is NC(=O)c1ccccc1COC(=O)c1cc2nc(-c3ccccc3)cc(=O)n2[nH]1. The second-order valence-electron chi connectivity index (χ2n) is 6.31. The number of nitrogens with two attached hydrogens (primary N) is 1. The summed E-state index contributed by atoms with van der Waals surface area (Å²) in [5.41, 5.74) is 7.40. The summed E-state index contributed by atoms with van der Waals surface area (Å²) < 4.78 is 6.44. The molecule has 0 fully saturated rings. The number of carbonyl (C=O) groups excluding carboxylic acids is 2. The van der Waals surface area contributed by atoms with Gasteiger partial charge in [-0.3, -0.25) is 14.7 Å². The largest absolute Gasteiger partial charge is 0.456 e. The van der Waals surface area contributed by atoms with Gasteiger partial charge >= 0.3 is 5.97 Å². The molecule has 4 aromatic rings. The van der Waals surface area contributed by atoms with Gasteiger partial charge in [0.25, 0.3) is 5.56 Å². The van der Waals surface area contributed by atoms with Gasteiger partial charge in [-0.25, -0.2) is 14.3 Å². The number of nitrogens with one attached hydrogen (secondary N) is 1. The van der Waals surface area contributed by atoms with E-state index in [0.717, 1.165) is 5.56 Å². The lowest BCUT2D eigenvalue weighted by Crippen LogP contribution is -2.16. The van der Waals surface area contributed by atoms with Crippen LogP contribution in [0.3, 0.4) is 0 Å². The number of carbonyl (C=O) groups is 2. The van der Waals surface area contributed by atoms with Gasteiger partial charge in [0.2, 0.25) is 5.91 Å². The van der Waals surface area contributed by atoms with Gasteiger partial charge in [-0.15, -0.1) is 0 Å². The normalized spacial score (nSPS) is 10.8. The smallest absolute Gasteiger partial charge is 0.356 e. The Balaban J connectivity index is 1.60. The molecule has 4 rings (SSSR count). The fourth-order valence-corrected chi connectivity index (χ4v) is 2.96. The molecule has 0 spiro atoms. The summed E-state index contributed by atoms with van der Waals surface area (Å²) in [6, 6.07) is 18.7. The minimum absolute atomic E-state index is 0.0661. The molecule has 0 atom stereocenters. The molecule has 0 bridgehead atoms. The molecule has 0 radical (unpaired) electrons. The molecule has 2 aromatic heterocycles. The number of nitrogens with zero attached hydrogens (tertiary/aromatic N) is 2. The average molecular weight is 388 g/mol. The van der Waals surface area contributed by atoms with Crippen molar-refractivity contribution in [3.63, 3.8) is 0 Å². The quantitative estimate of drug-likeness (QED) is 0.508. The monoisotopic (exact) mass is 388 g/mol. The molecule has 2 heterocycles. The zero-order valence-corrected chi connectivity index (χ0v) is 15.2. The highest BCUT2D eigenvalue weighted by Gasteiger charge is 2.16. The highest BCUT2D eigenvalue weighted by Crippen LogP contribution is 2.16. The van der Waals surface area contributed by atoms with E-state index in [1.807, 2.05) is 30.3 Å². The molecule has 2 aromatic carbocycles. The number of amides is 1. The predicted octanol–water partition coefficient (Wildman–Crippen LogP) is 2.15. The van der Waals surface area contributed by atoms with Gasteiger partial charge in [0.1, 0.15) is 12.3 Å². The van der Waals surface area contributed by atoms with Gasteiger partial charge in [-0.1, -0.05) is 48.5 Å². The highest BCUT2D eigenvalue weighted by atomic mass is 16.5. The number of benzene rings is 2. The third-order valence-corrected chi connectivity index (χ3v) is 4.38. The highest BCUT2D eigenvalue weighted by molar-refractivity contribution is 5.94. The van der Waals surface area contributed by atoms with Crippen molar-refractivity contribution in [1.82, 2.24) is 14.6 Å². The molecule has 29 heavy (non-hydrogen) atoms. The summed E-state index contributed by atoms with van der Waals surface area (Å²) in [6.45, 7) is -0.134. The first-order chi connectivity index (χ1) is 14.0. The van der Waals surface area contributed by atoms with Crippen LogP contribution in [0.5, 0.6) is 0 Å². The number of H-pyrrole nitrogens is 1. The molecule has 144 valence electrons. The molecule has 0 aliphatic heterocycles. The molecule has 0 saturated carbocycles. The summed E-state index contributed by atoms with van der Waals surface area (Å²) in [7, 11) is 0. The van der Waals surface area contributed by atoms with Crippen molar-refractivity contribution in [2.45, 2.75) is 6.61 Å². The molecule has 0 aliphatic carbocycles. The van der Waals surface area contributed by atoms with E-state index >= 15 is 0 Å². The zero-order valence-electron chi connectivity index (χ0n) is 15.2. The average Bonchev–Trinajstić information content (AvgIpc) is 3.18. The Kier molecular flexibility index (Phi) is 4.66. The number of primary amides is 1. The van der Waals surface area contributed by atoms with Crippen LogP contribution in [-0.4, -0.2) is 26.5 Å². The van der Waals surface area contributed by atoms with Gasteiger partial charge in [0, 0.05) is 28.8 Å². The van der Waals surface area contributed by atoms with E-state index in [4.69, 9.17) is 10.5 Å². The van der Waals surface area contributed by atoms with E-state index in [1.165, 1.54) is 16.6 Å². The van der Waals surface area contributed by atoms with Crippen molar-refractivity contribution in [2.24, 2.45) is 5.73 Å². The van der Waals surface area contributed by atoms with Crippen LogP contribution in [-0.2, 0) is 11.3 Å². The van der Waals surface area contributed by atoms with Crippen LogP contribution in [0.25, 0.3) is 16.9 Å². The molecule has 8 nitrogen and oxygen atoms in total. The second-order valence-corrected chi connectivity index (χ2v) is 6.31. The van der Waals surface area contributed by atoms with Crippen molar-refractivity contribution in [3.05, 3.63) is 93.9 Å². The Labute approximate surface area is 164 Å². The number of hydrogen-bond acceptors (Lipinski definition) is 5. The number of aromatic amines is 1. The number of rotatable bonds is 5. The van der Waals surface area contributed by atoms with Crippen molar-refractivity contribution in [3.8, 4) is 11.3 Å². The van der Waals surface area contributed by atoms with Gasteiger partial charge in [0.05, 0.1) is 5.69 Å². The van der Waals surface area contributed by atoms with Crippen molar-refractivity contribution in [1.29, 1.82) is 0 Å². The summed E-state index contributed by atoms with van der Waals surface area (Å²) >= 11 is 0. The van der Waals surface area contributed by atoms with Crippen LogP contribution >= 0.6 is 0 Å². The second kappa shape index (κ2) is 7.43. The minimum atomic E-state index is -0.685. The van der Waals surface area contributed by atoms with E-state index in [2.05, 4.69) is 10.1 Å². The molecule has 1 amide bonds. The van der Waals surface area contributed by atoms with Crippen molar-refractivity contribution >= 4 is 17.5 Å². The minimum Gasteiger partial charge on any atom is -0.456 e. The van der Waals surface area contributed by atoms with E-state index < -0.39 is 11.9 Å². The lowest BCUT2D eigenvalue weighted by atomic mass is 10.1. The lowest BCUT2D eigenvalue weighted by molar-refractivity contribution is 0.0463. The molecular formula is C21H16N4O4. The summed E-state index contributed by atoms with van der Waals surface area (Å²) in [4.78, 5) is 40.7. The third kappa shape index (κ3) is 3.63. The van der Waals surface area contributed by atoms with E-state index in [-0.39, 0.29) is 23.4 Å². The zero-order chi connectivity index (χ0) is 20.4. The van der Waals surface area contributed by atoms with Gasteiger partial charge in [0.15, 0.2) is 5.65 Å². The first-order valence-corrected chi connectivity index (χ1v) is 8.76. The number of aromatic nitrogens is 3. The van der Waals surface area contributed by atoms with Gasteiger partial charge in [-0.05, 0) is 6.07 Å². The fraction of sp³-hybridized carbons (Fsp3) is 0.0476. The topological polar surface area (TPSA) is 120 Å². The lowest BCUT2D eigenvalue weighted by Gasteiger charge is -2.07. The maximum absolute atomic E-state index is 12.4. The standard InChI is InChI=1S/C21H16N4O4/c22-20(27)15-9-5-4-8-14(15)12-29-21(28)17-10-18-23-16(11-19(26)25(18)24-17)13-6-2-1-3-7-13/h1-11,24H,12H2,(H2,22,27). The van der Waals surface area contributed by atoms with Crippen molar-refractivity contribution in [2.75, 3.05) is 0 Å². The van der Waals surface area contributed by atoms with Crippen LogP contribution in [0.4, 0.5) is 0 Å². The van der Waals surface area contributed by atoms with E-state index in [9.17, 15) is 14.4 Å². The maximum Gasteiger partial charge on any atom is 0.356 e. The number of ether oxygens (including phenoxy) is 1. The van der Waals surface area contributed by atoms with Gasteiger partial charge < -0.3 is 10.5 Å². The summed E-state index contributed by atoms with van der Waals surface area (Å²) in [5.74, 6) is -1.29. The molecule has 3 N–H and O–H groups in total. The van der Waals surface area contributed by atoms with Gasteiger partial charge in [-0.2, -0.15) is 0 Å². The first-order valence-electron chi connectivity index (χ1n) is 8.76. The molecule has 0 saturated heterocycles. The van der Waals surface area contributed by atoms with Crippen molar-refractivity contribution < 1.29 is 14.3 Å². The Morgan fingerprint density at radius 3 is 2.52 bits per heavy atom. The summed E-state index contributed by atoms with van der Waals surface area (Å²) in [6.07, 6.45) is 0. The Bertz CT molecular complexity index is 1270. The molecule has 0 unspecified atom stereocenters. The number of hydrogen-bond donors (Lipinski definition) is 2. The van der Waals surface area contributed by atoms with Crippen LogP contribution in [0.15, 0.2) is 71.5 Å².